The fourth-order valence-electron chi connectivity index (χ4n) is 1.97. The fourth-order valence-corrected chi connectivity index (χ4v) is 1.97. The predicted octanol–water partition coefficient (Wildman–Crippen LogP) is 2.51. The minimum atomic E-state index is -0.614. The molecule has 110 valence electrons. The van der Waals surface area contributed by atoms with Gasteiger partial charge in [0, 0.05) is 6.54 Å². The molecule has 2 aromatic rings. The maximum Gasteiger partial charge on any atom is 0.258 e. The molecule has 0 aliphatic heterocycles. The van der Waals surface area contributed by atoms with Gasteiger partial charge in [-0.25, -0.2) is 4.39 Å². The summed E-state index contributed by atoms with van der Waals surface area (Å²) in [7, 11) is 1.39. The van der Waals surface area contributed by atoms with Crippen molar-refractivity contribution >= 4 is 5.91 Å². The zero-order valence-electron chi connectivity index (χ0n) is 11.6. The van der Waals surface area contributed by atoms with Crippen LogP contribution >= 0.6 is 0 Å². The van der Waals surface area contributed by atoms with Crippen LogP contribution in [-0.2, 0) is 6.42 Å². The van der Waals surface area contributed by atoms with Crippen LogP contribution in [-0.4, -0.2) is 24.7 Å². The summed E-state index contributed by atoms with van der Waals surface area (Å²) >= 11 is 0. The number of amides is 1. The van der Waals surface area contributed by atoms with Gasteiger partial charge in [-0.15, -0.1) is 0 Å². The van der Waals surface area contributed by atoms with E-state index < -0.39 is 11.7 Å². The molecule has 1 amide bonds. The highest BCUT2D eigenvalue weighted by atomic mass is 19.1. The summed E-state index contributed by atoms with van der Waals surface area (Å²) in [6, 6.07) is 10.9. The first kappa shape index (κ1) is 14.8. The maximum absolute atomic E-state index is 13.7. The minimum Gasteiger partial charge on any atom is -0.508 e. The fraction of sp³-hybridized carbons (Fsp3) is 0.188. The van der Waals surface area contributed by atoms with Crippen molar-refractivity contribution in [1.82, 2.24) is 5.32 Å². The number of benzene rings is 2. The highest BCUT2D eigenvalue weighted by Gasteiger charge is 2.16. The average Bonchev–Trinajstić information content (AvgIpc) is 2.48. The molecule has 0 atom stereocenters. The predicted molar refractivity (Wildman–Crippen MR) is 77.1 cm³/mol. The first-order chi connectivity index (χ1) is 10.1. The van der Waals surface area contributed by atoms with Crippen LogP contribution in [0, 0.1) is 5.82 Å². The number of hydrogen-bond donors (Lipinski definition) is 2. The van der Waals surface area contributed by atoms with E-state index in [0.717, 1.165) is 5.56 Å². The Kier molecular flexibility index (Phi) is 4.77. The van der Waals surface area contributed by atoms with Gasteiger partial charge in [0.1, 0.15) is 22.9 Å². The smallest absolute Gasteiger partial charge is 0.258 e. The van der Waals surface area contributed by atoms with Gasteiger partial charge >= 0.3 is 0 Å². The summed E-state index contributed by atoms with van der Waals surface area (Å²) in [6.45, 7) is 0.362. The quantitative estimate of drug-likeness (QED) is 0.889. The molecule has 0 bridgehead atoms. The summed E-state index contributed by atoms with van der Waals surface area (Å²) in [4.78, 5) is 12.0. The average molecular weight is 289 g/mol. The van der Waals surface area contributed by atoms with Crippen LogP contribution in [0.1, 0.15) is 15.9 Å². The Labute approximate surface area is 122 Å². The molecule has 2 rings (SSSR count). The van der Waals surface area contributed by atoms with Gasteiger partial charge in [-0.05, 0) is 36.2 Å². The van der Waals surface area contributed by atoms with Gasteiger partial charge in [-0.3, -0.25) is 4.79 Å². The van der Waals surface area contributed by atoms with E-state index in [1.54, 1.807) is 24.3 Å². The molecule has 0 saturated carbocycles. The van der Waals surface area contributed by atoms with E-state index in [1.807, 2.05) is 0 Å². The Hall–Kier alpha value is -2.56. The van der Waals surface area contributed by atoms with Gasteiger partial charge in [0.15, 0.2) is 0 Å². The number of hydrogen-bond acceptors (Lipinski definition) is 3. The first-order valence-electron chi connectivity index (χ1n) is 6.50. The summed E-state index contributed by atoms with van der Waals surface area (Å²) in [6.07, 6.45) is 0.586. The minimum absolute atomic E-state index is 0.0919. The number of rotatable bonds is 5. The normalized spacial score (nSPS) is 10.2. The number of halogens is 1. The SMILES string of the molecule is COc1cccc(F)c1C(=O)NCCc1ccc(O)cc1. The Morgan fingerprint density at radius 1 is 1.24 bits per heavy atom. The van der Waals surface area contributed by atoms with Crippen LogP contribution in [0.15, 0.2) is 42.5 Å². The molecule has 0 aromatic heterocycles. The molecule has 5 heteroatoms. The summed E-state index contributed by atoms with van der Waals surface area (Å²) in [5.41, 5.74) is 0.874. The third kappa shape index (κ3) is 3.72. The zero-order valence-corrected chi connectivity index (χ0v) is 11.6. The summed E-state index contributed by atoms with van der Waals surface area (Å²) < 4.78 is 18.7. The van der Waals surface area contributed by atoms with Gasteiger partial charge in [-0.2, -0.15) is 0 Å². The highest BCUT2D eigenvalue weighted by Crippen LogP contribution is 2.20. The Balaban J connectivity index is 1.97. The number of carbonyl (C=O) groups excluding carboxylic acids is 1. The van der Waals surface area contributed by atoms with E-state index in [9.17, 15) is 14.3 Å². The zero-order chi connectivity index (χ0) is 15.2. The molecule has 0 heterocycles. The second-order valence-corrected chi connectivity index (χ2v) is 4.49. The highest BCUT2D eigenvalue weighted by molar-refractivity contribution is 5.97. The van der Waals surface area contributed by atoms with E-state index >= 15 is 0 Å². The third-order valence-corrected chi connectivity index (χ3v) is 3.06. The number of carbonyl (C=O) groups is 1. The Morgan fingerprint density at radius 2 is 1.95 bits per heavy atom. The molecule has 0 spiro atoms. The molecule has 21 heavy (non-hydrogen) atoms. The maximum atomic E-state index is 13.7. The first-order valence-corrected chi connectivity index (χ1v) is 6.50. The number of nitrogens with one attached hydrogen (secondary N) is 1. The van der Waals surface area contributed by atoms with Crippen molar-refractivity contribution < 1.29 is 19.0 Å². The van der Waals surface area contributed by atoms with Crippen LogP contribution in [0.5, 0.6) is 11.5 Å². The number of methoxy groups -OCH3 is 1. The lowest BCUT2D eigenvalue weighted by atomic mass is 10.1. The molecule has 0 radical (unpaired) electrons. The molecular formula is C16H16FNO3. The molecule has 0 saturated heterocycles. The van der Waals surface area contributed by atoms with Crippen LogP contribution in [0.4, 0.5) is 4.39 Å². The van der Waals surface area contributed by atoms with Crippen molar-refractivity contribution in [3.05, 3.63) is 59.4 Å². The molecule has 2 N–H and O–H groups in total. The largest absolute Gasteiger partial charge is 0.508 e. The lowest BCUT2D eigenvalue weighted by molar-refractivity contribution is 0.0947. The summed E-state index contributed by atoms with van der Waals surface area (Å²) in [5, 5.41) is 11.8. The molecular weight excluding hydrogens is 273 g/mol. The van der Waals surface area contributed by atoms with Crippen molar-refractivity contribution in [2.24, 2.45) is 0 Å². The summed E-state index contributed by atoms with van der Waals surface area (Å²) in [5.74, 6) is -0.726. The second-order valence-electron chi connectivity index (χ2n) is 4.49. The number of phenols is 1. The molecule has 0 aliphatic carbocycles. The van der Waals surface area contributed by atoms with E-state index in [-0.39, 0.29) is 17.1 Å². The van der Waals surface area contributed by atoms with E-state index in [0.29, 0.717) is 13.0 Å². The molecule has 4 nitrogen and oxygen atoms in total. The Bertz CT molecular complexity index is 626. The van der Waals surface area contributed by atoms with Crippen LogP contribution in [0.3, 0.4) is 0 Å². The van der Waals surface area contributed by atoms with Gasteiger partial charge in [-0.1, -0.05) is 18.2 Å². The van der Waals surface area contributed by atoms with E-state index in [4.69, 9.17) is 4.74 Å². The van der Waals surface area contributed by atoms with Gasteiger partial charge in [0.05, 0.1) is 7.11 Å². The van der Waals surface area contributed by atoms with Crippen LogP contribution < -0.4 is 10.1 Å². The van der Waals surface area contributed by atoms with Crippen LogP contribution in [0.25, 0.3) is 0 Å². The number of phenolic OH excluding ortho intramolecular Hbond substituents is 1. The van der Waals surface area contributed by atoms with Gasteiger partial charge in [0.2, 0.25) is 0 Å². The molecule has 0 aliphatic rings. The van der Waals surface area contributed by atoms with Gasteiger partial charge < -0.3 is 15.2 Å². The molecule has 2 aromatic carbocycles. The third-order valence-electron chi connectivity index (χ3n) is 3.06. The van der Waals surface area contributed by atoms with Crippen LogP contribution in [0.2, 0.25) is 0 Å². The van der Waals surface area contributed by atoms with E-state index in [1.165, 1.54) is 25.3 Å². The lowest BCUT2D eigenvalue weighted by Crippen LogP contribution is -2.27. The van der Waals surface area contributed by atoms with Crippen molar-refractivity contribution in [2.75, 3.05) is 13.7 Å². The lowest BCUT2D eigenvalue weighted by Gasteiger charge is -2.10. The molecule has 0 fully saturated rings. The molecule has 0 unspecified atom stereocenters. The second kappa shape index (κ2) is 6.74. The van der Waals surface area contributed by atoms with Crippen molar-refractivity contribution in [3.63, 3.8) is 0 Å². The number of aromatic hydroxyl groups is 1. The van der Waals surface area contributed by atoms with Gasteiger partial charge in [0.25, 0.3) is 5.91 Å². The van der Waals surface area contributed by atoms with Crippen molar-refractivity contribution in [1.29, 1.82) is 0 Å². The monoisotopic (exact) mass is 289 g/mol. The Morgan fingerprint density at radius 3 is 2.62 bits per heavy atom. The number of ether oxygens (including phenoxy) is 1. The van der Waals surface area contributed by atoms with Crippen molar-refractivity contribution in [3.8, 4) is 11.5 Å². The topological polar surface area (TPSA) is 58.6 Å². The van der Waals surface area contributed by atoms with Crippen molar-refractivity contribution in [2.45, 2.75) is 6.42 Å². The standard InChI is InChI=1S/C16H16FNO3/c1-21-14-4-2-3-13(17)15(14)16(20)18-10-9-11-5-7-12(19)8-6-11/h2-8,19H,9-10H2,1H3,(H,18,20). The van der Waals surface area contributed by atoms with E-state index in [2.05, 4.69) is 5.32 Å².